The highest BCUT2D eigenvalue weighted by atomic mass is 79.9. The van der Waals surface area contributed by atoms with E-state index in [2.05, 4.69) is 48.2 Å². The molecule has 0 aromatic rings. The van der Waals surface area contributed by atoms with E-state index in [1.165, 1.54) is 16.1 Å². The van der Waals surface area contributed by atoms with Crippen LogP contribution in [0.2, 0.25) is 0 Å². The third-order valence-corrected chi connectivity index (χ3v) is 4.92. The van der Waals surface area contributed by atoms with Gasteiger partial charge in [-0.3, -0.25) is 0 Å². The molecular formula is C13H20BrClS. The van der Waals surface area contributed by atoms with Gasteiger partial charge < -0.3 is 0 Å². The predicted molar refractivity (Wildman–Crippen MR) is 82.3 cm³/mol. The zero-order valence-electron chi connectivity index (χ0n) is 10.2. The minimum atomic E-state index is 0.411. The first kappa shape index (κ1) is 16.3. The summed E-state index contributed by atoms with van der Waals surface area (Å²) in [6.45, 7) is 10.2. The molecule has 3 heteroatoms. The smallest absolute Gasteiger partial charge is 0.0292 e. The van der Waals surface area contributed by atoms with Crippen molar-refractivity contribution in [1.82, 2.24) is 0 Å². The number of rotatable bonds is 7. The Hall–Kier alpha value is 0.340. The molecule has 1 unspecified atom stereocenters. The van der Waals surface area contributed by atoms with Crippen molar-refractivity contribution >= 4 is 36.6 Å². The summed E-state index contributed by atoms with van der Waals surface area (Å²) in [5.41, 5.74) is 2.68. The van der Waals surface area contributed by atoms with E-state index in [1.807, 2.05) is 6.08 Å². The Morgan fingerprint density at radius 2 is 2.12 bits per heavy atom. The average molecular weight is 324 g/mol. The lowest BCUT2D eigenvalue weighted by atomic mass is 9.94. The third kappa shape index (κ3) is 5.60. The van der Waals surface area contributed by atoms with Gasteiger partial charge in [-0.15, -0.1) is 18.2 Å². The highest BCUT2D eigenvalue weighted by molar-refractivity contribution is 9.50. The van der Waals surface area contributed by atoms with E-state index in [1.54, 1.807) is 10.2 Å². The van der Waals surface area contributed by atoms with Crippen LogP contribution in [0.15, 0.2) is 34.8 Å². The molecule has 0 aliphatic rings. The van der Waals surface area contributed by atoms with Gasteiger partial charge in [-0.25, -0.2) is 0 Å². The Morgan fingerprint density at radius 1 is 1.50 bits per heavy atom. The van der Waals surface area contributed by atoms with Crippen molar-refractivity contribution in [1.29, 1.82) is 0 Å². The molecule has 0 saturated carbocycles. The van der Waals surface area contributed by atoms with Crippen LogP contribution >= 0.6 is 36.6 Å². The van der Waals surface area contributed by atoms with Crippen molar-refractivity contribution in [3.8, 4) is 0 Å². The zero-order valence-corrected chi connectivity index (χ0v) is 13.4. The summed E-state index contributed by atoms with van der Waals surface area (Å²) < 4.78 is 0. The number of alkyl halides is 1. The van der Waals surface area contributed by atoms with E-state index >= 15 is 0 Å². The molecular weight excluding hydrogens is 304 g/mol. The largest absolute Gasteiger partial charge is 0.126 e. The Balaban J connectivity index is 4.91. The van der Waals surface area contributed by atoms with Crippen molar-refractivity contribution in [3.05, 3.63) is 34.8 Å². The Kier molecular flexibility index (Phi) is 9.58. The van der Waals surface area contributed by atoms with E-state index in [-0.39, 0.29) is 0 Å². The van der Waals surface area contributed by atoms with E-state index < -0.39 is 0 Å². The fraction of sp³-hybridized carbons (Fsp3) is 0.538. The van der Waals surface area contributed by atoms with Crippen LogP contribution in [0, 0.1) is 5.92 Å². The molecule has 92 valence electrons. The molecule has 0 aliphatic heterocycles. The van der Waals surface area contributed by atoms with Crippen LogP contribution in [0.3, 0.4) is 0 Å². The van der Waals surface area contributed by atoms with Gasteiger partial charge in [0.05, 0.1) is 0 Å². The summed E-state index contributed by atoms with van der Waals surface area (Å²) in [4.78, 5) is 1.34. The fourth-order valence-corrected chi connectivity index (χ4v) is 3.07. The van der Waals surface area contributed by atoms with E-state index in [0.717, 1.165) is 12.8 Å². The molecule has 0 rings (SSSR count). The fourth-order valence-electron chi connectivity index (χ4n) is 1.41. The van der Waals surface area contributed by atoms with Crippen molar-refractivity contribution in [2.24, 2.45) is 5.92 Å². The minimum absolute atomic E-state index is 0.411. The van der Waals surface area contributed by atoms with Gasteiger partial charge >= 0.3 is 0 Å². The maximum Gasteiger partial charge on any atom is 0.0292 e. The second-order valence-corrected chi connectivity index (χ2v) is 5.74. The number of allylic oxidation sites excluding steroid dienone is 5. The molecule has 0 radical (unpaired) electrons. The first-order valence-electron chi connectivity index (χ1n) is 5.44. The lowest BCUT2D eigenvalue weighted by molar-refractivity contribution is 0.697. The minimum Gasteiger partial charge on any atom is -0.126 e. The maximum atomic E-state index is 5.97. The van der Waals surface area contributed by atoms with Gasteiger partial charge in [-0.1, -0.05) is 34.3 Å². The van der Waals surface area contributed by atoms with Gasteiger partial charge in [0, 0.05) is 5.88 Å². The van der Waals surface area contributed by atoms with E-state index in [9.17, 15) is 0 Å². The van der Waals surface area contributed by atoms with Crippen LogP contribution in [0.4, 0.5) is 0 Å². The standard InChI is InChI=1S/C13H20BrClS/c1-5-7-12(9-15)11(4)10(3)8-13(6-2)16-14/h5,8,12H,1,6-7,9H2,2-4H3/b11-10+,13-8+. The second kappa shape index (κ2) is 9.38. The molecule has 0 N–H and O–H groups in total. The lowest BCUT2D eigenvalue weighted by Gasteiger charge is -2.15. The molecule has 0 aromatic heterocycles. The summed E-state index contributed by atoms with van der Waals surface area (Å²) in [7, 11) is 1.63. The molecule has 1 atom stereocenters. The summed E-state index contributed by atoms with van der Waals surface area (Å²) in [5, 5.41) is 0. The molecule has 0 nitrogen and oxygen atoms in total. The van der Waals surface area contributed by atoms with Crippen molar-refractivity contribution < 1.29 is 0 Å². The van der Waals surface area contributed by atoms with Gasteiger partial charge in [0.25, 0.3) is 0 Å². The quantitative estimate of drug-likeness (QED) is 0.310. The van der Waals surface area contributed by atoms with Crippen molar-refractivity contribution in [2.45, 2.75) is 33.6 Å². The summed E-state index contributed by atoms with van der Waals surface area (Å²) >= 11 is 9.39. The van der Waals surface area contributed by atoms with E-state index in [4.69, 9.17) is 11.6 Å². The highest BCUT2D eigenvalue weighted by Crippen LogP contribution is 2.29. The lowest BCUT2D eigenvalue weighted by Crippen LogP contribution is -2.04. The van der Waals surface area contributed by atoms with Crippen LogP contribution in [0.1, 0.15) is 33.6 Å². The topological polar surface area (TPSA) is 0 Å². The zero-order chi connectivity index (χ0) is 12.6. The molecule has 16 heavy (non-hydrogen) atoms. The second-order valence-electron chi connectivity index (χ2n) is 3.78. The Bertz CT molecular complexity index is 276. The molecule has 0 fully saturated rings. The monoisotopic (exact) mass is 322 g/mol. The van der Waals surface area contributed by atoms with Crippen molar-refractivity contribution in [3.63, 3.8) is 0 Å². The summed E-state index contributed by atoms with van der Waals surface area (Å²) in [6, 6.07) is 0. The molecule has 0 aliphatic carbocycles. The van der Waals surface area contributed by atoms with E-state index in [0.29, 0.717) is 11.8 Å². The molecule has 0 spiro atoms. The maximum absolute atomic E-state index is 5.97. The third-order valence-electron chi connectivity index (χ3n) is 2.70. The van der Waals surface area contributed by atoms with Crippen LogP contribution < -0.4 is 0 Å². The van der Waals surface area contributed by atoms with Crippen LogP contribution in [0.25, 0.3) is 0 Å². The number of halogens is 2. The SMILES string of the molecule is C=CCC(CCl)/C(C)=C(C)/C=C(\CC)SBr. The molecule has 0 saturated heterocycles. The molecule has 0 bridgehead atoms. The molecule has 0 amide bonds. The van der Waals surface area contributed by atoms with Gasteiger partial charge in [-0.05, 0) is 58.4 Å². The highest BCUT2D eigenvalue weighted by Gasteiger charge is 2.09. The molecule has 0 aromatic carbocycles. The Labute approximate surface area is 116 Å². The predicted octanol–water partition coefficient (Wildman–Crippen LogP) is 6.09. The average Bonchev–Trinajstić information content (AvgIpc) is 2.31. The summed E-state index contributed by atoms with van der Waals surface area (Å²) in [6.07, 6.45) is 6.17. The first-order valence-corrected chi connectivity index (χ1v) is 8.63. The Morgan fingerprint density at radius 3 is 2.50 bits per heavy atom. The number of hydrogen-bond acceptors (Lipinski definition) is 1. The first-order chi connectivity index (χ1) is 7.60. The summed E-state index contributed by atoms with van der Waals surface area (Å²) in [5.74, 6) is 1.07. The van der Waals surface area contributed by atoms with Gasteiger partial charge in [0.15, 0.2) is 0 Å². The van der Waals surface area contributed by atoms with Crippen LogP contribution in [-0.2, 0) is 0 Å². The van der Waals surface area contributed by atoms with Gasteiger partial charge in [0.2, 0.25) is 0 Å². The molecule has 0 heterocycles. The van der Waals surface area contributed by atoms with Gasteiger partial charge in [0.1, 0.15) is 0 Å². The van der Waals surface area contributed by atoms with Crippen molar-refractivity contribution in [2.75, 3.05) is 5.88 Å². The van der Waals surface area contributed by atoms with Crippen LogP contribution in [-0.4, -0.2) is 5.88 Å². The van der Waals surface area contributed by atoms with Crippen LogP contribution in [0.5, 0.6) is 0 Å². The normalized spacial score (nSPS) is 15.7. The number of hydrogen-bond donors (Lipinski definition) is 0. The van der Waals surface area contributed by atoms with Gasteiger partial charge in [-0.2, -0.15) is 0 Å².